The number of aliphatic hydroxyl groups is 1. The lowest BCUT2D eigenvalue weighted by Gasteiger charge is -2.23. The molecule has 4 nitrogen and oxygen atoms in total. The first-order chi connectivity index (χ1) is 11.8. The number of likely N-dealkylation sites (tertiary alicyclic amines) is 1. The summed E-state index contributed by atoms with van der Waals surface area (Å²) in [6.07, 6.45) is 0.646. The topological polar surface area (TPSA) is 41.9 Å². The molecule has 4 heteroatoms. The second kappa shape index (κ2) is 6.83. The molecule has 0 unspecified atom stereocenters. The molecule has 0 saturated carbocycles. The lowest BCUT2D eigenvalue weighted by molar-refractivity contribution is 0.124. The monoisotopic (exact) mass is 325 g/mol. The summed E-state index contributed by atoms with van der Waals surface area (Å²) < 4.78 is 11.1. The summed E-state index contributed by atoms with van der Waals surface area (Å²) in [7, 11) is 0. The van der Waals surface area contributed by atoms with Gasteiger partial charge in [0, 0.05) is 13.1 Å². The fourth-order valence-corrected chi connectivity index (χ4v) is 3.61. The van der Waals surface area contributed by atoms with E-state index in [9.17, 15) is 5.11 Å². The molecule has 1 fully saturated rings. The summed E-state index contributed by atoms with van der Waals surface area (Å²) in [5, 5.41) is 10.6. The number of hydrogen-bond donors (Lipinski definition) is 1. The minimum absolute atomic E-state index is 0.504. The average molecular weight is 325 g/mol. The summed E-state index contributed by atoms with van der Waals surface area (Å²) in [5.41, 5.74) is 2.29. The molecule has 0 aliphatic carbocycles. The first kappa shape index (κ1) is 15.5. The zero-order valence-corrected chi connectivity index (χ0v) is 13.7. The highest BCUT2D eigenvalue weighted by Gasteiger charge is 2.26. The van der Waals surface area contributed by atoms with Crippen molar-refractivity contribution in [1.29, 1.82) is 0 Å². The SMILES string of the molecule is O[C@@H](CN1CC[C@H](c2ccccc2)C1)c1ccc2c(c1)OCCO2. The van der Waals surface area contributed by atoms with Gasteiger partial charge in [-0.3, -0.25) is 4.90 Å². The van der Waals surface area contributed by atoms with Crippen LogP contribution >= 0.6 is 0 Å². The van der Waals surface area contributed by atoms with Gasteiger partial charge in [-0.25, -0.2) is 0 Å². The van der Waals surface area contributed by atoms with Gasteiger partial charge in [-0.05, 0) is 42.1 Å². The smallest absolute Gasteiger partial charge is 0.161 e. The lowest BCUT2D eigenvalue weighted by Crippen LogP contribution is -2.26. The number of β-amino-alcohol motifs (C(OH)–C–C–N with tert-alkyl or cyclic N) is 1. The third-order valence-electron chi connectivity index (χ3n) is 4.93. The van der Waals surface area contributed by atoms with Gasteiger partial charge in [0.05, 0.1) is 6.10 Å². The standard InChI is InChI=1S/C20H23NO3/c22-18(16-6-7-19-20(12-16)24-11-10-23-19)14-21-9-8-17(13-21)15-4-2-1-3-5-15/h1-7,12,17-18,22H,8-11,13-14H2/t17-,18-/m0/s1. The van der Waals surface area contributed by atoms with E-state index in [0.717, 1.165) is 36.6 Å². The van der Waals surface area contributed by atoms with Gasteiger partial charge in [0.2, 0.25) is 0 Å². The van der Waals surface area contributed by atoms with Crippen LogP contribution in [-0.2, 0) is 0 Å². The van der Waals surface area contributed by atoms with Crippen LogP contribution in [0.5, 0.6) is 11.5 Å². The van der Waals surface area contributed by atoms with Gasteiger partial charge in [0.25, 0.3) is 0 Å². The first-order valence-electron chi connectivity index (χ1n) is 8.64. The Morgan fingerprint density at radius 1 is 1.04 bits per heavy atom. The van der Waals surface area contributed by atoms with Crippen molar-refractivity contribution in [3.8, 4) is 11.5 Å². The molecule has 1 saturated heterocycles. The van der Waals surface area contributed by atoms with Gasteiger partial charge in [-0.1, -0.05) is 36.4 Å². The molecule has 0 spiro atoms. The van der Waals surface area contributed by atoms with Crippen molar-refractivity contribution in [3.63, 3.8) is 0 Å². The maximum absolute atomic E-state index is 10.6. The molecule has 2 heterocycles. The maximum Gasteiger partial charge on any atom is 0.161 e. The van der Waals surface area contributed by atoms with Crippen LogP contribution < -0.4 is 9.47 Å². The summed E-state index contributed by atoms with van der Waals surface area (Å²) in [5.74, 6) is 2.07. The van der Waals surface area contributed by atoms with E-state index in [4.69, 9.17) is 9.47 Å². The summed E-state index contributed by atoms with van der Waals surface area (Å²) in [6, 6.07) is 16.4. The predicted molar refractivity (Wildman–Crippen MR) is 92.6 cm³/mol. The highest BCUT2D eigenvalue weighted by molar-refractivity contribution is 5.44. The first-order valence-corrected chi connectivity index (χ1v) is 8.64. The normalized spacial score (nSPS) is 21.6. The van der Waals surface area contributed by atoms with Gasteiger partial charge in [-0.15, -0.1) is 0 Å². The van der Waals surface area contributed by atoms with E-state index in [2.05, 4.69) is 35.2 Å². The van der Waals surface area contributed by atoms with Gasteiger partial charge in [-0.2, -0.15) is 0 Å². The molecule has 0 radical (unpaired) electrons. The van der Waals surface area contributed by atoms with Crippen molar-refractivity contribution in [1.82, 2.24) is 4.90 Å². The molecule has 2 aliphatic rings. The Labute approximate surface area is 142 Å². The van der Waals surface area contributed by atoms with Crippen LogP contribution in [-0.4, -0.2) is 42.9 Å². The molecule has 24 heavy (non-hydrogen) atoms. The van der Waals surface area contributed by atoms with Crippen molar-refractivity contribution in [3.05, 3.63) is 59.7 Å². The van der Waals surface area contributed by atoms with Crippen LogP contribution in [0.3, 0.4) is 0 Å². The van der Waals surface area contributed by atoms with Gasteiger partial charge in [0.15, 0.2) is 11.5 Å². The van der Waals surface area contributed by atoms with Crippen LogP contribution in [0.25, 0.3) is 0 Å². The minimum atomic E-state index is -0.504. The maximum atomic E-state index is 10.6. The zero-order valence-electron chi connectivity index (χ0n) is 13.7. The molecular weight excluding hydrogens is 302 g/mol. The van der Waals surface area contributed by atoms with Crippen molar-refractivity contribution < 1.29 is 14.6 Å². The van der Waals surface area contributed by atoms with E-state index in [-0.39, 0.29) is 0 Å². The summed E-state index contributed by atoms with van der Waals surface area (Å²) >= 11 is 0. The molecule has 126 valence electrons. The predicted octanol–water partition coefficient (Wildman–Crippen LogP) is 2.98. The van der Waals surface area contributed by atoms with E-state index < -0.39 is 6.10 Å². The van der Waals surface area contributed by atoms with Crippen molar-refractivity contribution >= 4 is 0 Å². The Kier molecular flexibility index (Phi) is 4.41. The van der Waals surface area contributed by atoms with Gasteiger partial charge < -0.3 is 14.6 Å². The second-order valence-corrected chi connectivity index (χ2v) is 6.57. The number of benzene rings is 2. The summed E-state index contributed by atoms with van der Waals surface area (Å²) in [4.78, 5) is 2.35. The fraction of sp³-hybridized carbons (Fsp3) is 0.400. The zero-order chi connectivity index (χ0) is 16.4. The second-order valence-electron chi connectivity index (χ2n) is 6.57. The Morgan fingerprint density at radius 3 is 2.67 bits per heavy atom. The highest BCUT2D eigenvalue weighted by atomic mass is 16.6. The van der Waals surface area contributed by atoms with Crippen molar-refractivity contribution in [2.45, 2.75) is 18.4 Å². The number of rotatable bonds is 4. The minimum Gasteiger partial charge on any atom is -0.486 e. The summed E-state index contributed by atoms with van der Waals surface area (Å²) in [6.45, 7) is 3.84. The molecule has 1 N–H and O–H groups in total. The van der Waals surface area contributed by atoms with Crippen molar-refractivity contribution in [2.75, 3.05) is 32.8 Å². The molecule has 0 aromatic heterocycles. The van der Waals surface area contributed by atoms with E-state index in [1.54, 1.807) is 0 Å². The number of ether oxygens (including phenoxy) is 2. The number of nitrogens with zero attached hydrogens (tertiary/aromatic N) is 1. The van der Waals surface area contributed by atoms with Crippen molar-refractivity contribution in [2.24, 2.45) is 0 Å². The number of hydrogen-bond acceptors (Lipinski definition) is 4. The van der Waals surface area contributed by atoms with Gasteiger partial charge >= 0.3 is 0 Å². The third kappa shape index (κ3) is 3.25. The third-order valence-corrected chi connectivity index (χ3v) is 4.93. The molecule has 2 aliphatic heterocycles. The molecule has 2 aromatic rings. The Balaban J connectivity index is 1.39. The Bertz CT molecular complexity index is 689. The van der Waals surface area contributed by atoms with Crippen LogP contribution in [0.1, 0.15) is 29.6 Å². The molecule has 0 bridgehead atoms. The van der Waals surface area contributed by atoms with Crippen LogP contribution in [0.4, 0.5) is 0 Å². The molecule has 2 aromatic carbocycles. The van der Waals surface area contributed by atoms with Crippen LogP contribution in [0, 0.1) is 0 Å². The van der Waals surface area contributed by atoms with Gasteiger partial charge in [0.1, 0.15) is 13.2 Å². The Morgan fingerprint density at radius 2 is 1.83 bits per heavy atom. The number of fused-ring (bicyclic) bond motifs is 1. The Hall–Kier alpha value is -2.04. The fourth-order valence-electron chi connectivity index (χ4n) is 3.61. The highest BCUT2D eigenvalue weighted by Crippen LogP contribution is 2.34. The quantitative estimate of drug-likeness (QED) is 0.938. The molecule has 2 atom stereocenters. The van der Waals surface area contributed by atoms with E-state index in [1.807, 2.05) is 18.2 Å². The lowest BCUT2D eigenvalue weighted by atomic mass is 9.99. The van der Waals surface area contributed by atoms with E-state index in [0.29, 0.717) is 25.7 Å². The van der Waals surface area contributed by atoms with Crippen LogP contribution in [0.2, 0.25) is 0 Å². The largest absolute Gasteiger partial charge is 0.486 e. The average Bonchev–Trinajstić information content (AvgIpc) is 3.10. The van der Waals surface area contributed by atoms with E-state index in [1.165, 1.54) is 5.56 Å². The number of aliphatic hydroxyl groups excluding tert-OH is 1. The molecule has 0 amide bonds. The molecule has 4 rings (SSSR count). The van der Waals surface area contributed by atoms with Crippen LogP contribution in [0.15, 0.2) is 48.5 Å². The van der Waals surface area contributed by atoms with E-state index >= 15 is 0 Å². The molecular formula is C20H23NO3.